The van der Waals surface area contributed by atoms with Gasteiger partial charge in [0.15, 0.2) is 0 Å². The maximum Gasteiger partial charge on any atom is 0.252 e. The Hall–Kier alpha value is -1.31. The predicted molar refractivity (Wildman–Crippen MR) is 49.2 cm³/mol. The van der Waals surface area contributed by atoms with Crippen molar-refractivity contribution in [3.63, 3.8) is 0 Å². The van der Waals surface area contributed by atoms with Gasteiger partial charge < -0.3 is 4.98 Å². The molecule has 1 N–H and O–H groups in total. The Labute approximate surface area is 70.9 Å². The Bertz CT molecular complexity index is 412. The number of aromatic nitrogens is 1. The highest BCUT2D eigenvalue weighted by Gasteiger charge is 2.12. The van der Waals surface area contributed by atoms with Crippen LogP contribution >= 0.6 is 0 Å². The van der Waals surface area contributed by atoms with Crippen LogP contribution in [0.1, 0.15) is 23.7 Å². The number of pyridine rings is 1. The summed E-state index contributed by atoms with van der Waals surface area (Å²) >= 11 is 0. The zero-order valence-corrected chi connectivity index (χ0v) is 7.27. The van der Waals surface area contributed by atoms with Gasteiger partial charge in [-0.05, 0) is 31.9 Å². The van der Waals surface area contributed by atoms with E-state index >= 15 is 0 Å². The fourth-order valence-corrected chi connectivity index (χ4v) is 1.65. The third-order valence-corrected chi connectivity index (χ3v) is 2.16. The van der Waals surface area contributed by atoms with Crippen LogP contribution in [0, 0.1) is 6.92 Å². The van der Waals surface area contributed by atoms with Crippen molar-refractivity contribution in [2.75, 3.05) is 0 Å². The standard InChI is InChI=1S/C10H11NO/c1-6-3-8-5-7(2)11-10(12)9(8)4-6/h3,5H,4H2,1-2H3,(H,11,12). The van der Waals surface area contributed by atoms with E-state index in [1.54, 1.807) is 0 Å². The molecule has 0 fully saturated rings. The second-order valence-corrected chi connectivity index (χ2v) is 3.38. The van der Waals surface area contributed by atoms with Crippen molar-refractivity contribution in [1.29, 1.82) is 0 Å². The van der Waals surface area contributed by atoms with Crippen LogP contribution in [0.25, 0.3) is 6.08 Å². The van der Waals surface area contributed by atoms with Crippen molar-refractivity contribution in [3.05, 3.63) is 38.8 Å². The molecule has 0 atom stereocenters. The summed E-state index contributed by atoms with van der Waals surface area (Å²) in [6.45, 7) is 3.96. The highest BCUT2D eigenvalue weighted by Crippen LogP contribution is 2.21. The van der Waals surface area contributed by atoms with Crippen molar-refractivity contribution in [3.8, 4) is 0 Å². The van der Waals surface area contributed by atoms with Crippen LogP contribution in [0.4, 0.5) is 0 Å². The third-order valence-electron chi connectivity index (χ3n) is 2.16. The highest BCUT2D eigenvalue weighted by atomic mass is 16.1. The number of aryl methyl sites for hydroxylation is 1. The topological polar surface area (TPSA) is 32.9 Å². The maximum atomic E-state index is 11.4. The lowest BCUT2D eigenvalue weighted by molar-refractivity contribution is 1.06. The minimum atomic E-state index is 0.0677. The first-order valence-electron chi connectivity index (χ1n) is 4.07. The number of nitrogens with one attached hydrogen (secondary N) is 1. The minimum absolute atomic E-state index is 0.0677. The van der Waals surface area contributed by atoms with E-state index in [4.69, 9.17) is 0 Å². The average molecular weight is 161 g/mol. The van der Waals surface area contributed by atoms with Crippen molar-refractivity contribution >= 4 is 6.08 Å². The van der Waals surface area contributed by atoms with Crippen LogP contribution < -0.4 is 5.56 Å². The molecule has 1 aromatic heterocycles. The predicted octanol–water partition coefficient (Wildman–Crippen LogP) is 1.64. The van der Waals surface area contributed by atoms with E-state index < -0.39 is 0 Å². The highest BCUT2D eigenvalue weighted by molar-refractivity contribution is 5.62. The molecule has 0 aliphatic heterocycles. The lowest BCUT2D eigenvalue weighted by Crippen LogP contribution is -2.13. The first-order valence-corrected chi connectivity index (χ1v) is 4.07. The van der Waals surface area contributed by atoms with Gasteiger partial charge in [-0.2, -0.15) is 0 Å². The van der Waals surface area contributed by atoms with Crippen molar-refractivity contribution < 1.29 is 0 Å². The van der Waals surface area contributed by atoms with Gasteiger partial charge >= 0.3 is 0 Å². The fourth-order valence-electron chi connectivity index (χ4n) is 1.65. The molecule has 12 heavy (non-hydrogen) atoms. The smallest absolute Gasteiger partial charge is 0.252 e. The first kappa shape index (κ1) is 7.35. The van der Waals surface area contributed by atoms with E-state index in [0.29, 0.717) is 0 Å². The van der Waals surface area contributed by atoms with Gasteiger partial charge in [0.05, 0.1) is 0 Å². The average Bonchev–Trinajstić information content (AvgIpc) is 2.29. The van der Waals surface area contributed by atoms with Crippen LogP contribution in [0.2, 0.25) is 0 Å². The summed E-state index contributed by atoms with van der Waals surface area (Å²) < 4.78 is 0. The van der Waals surface area contributed by atoms with Gasteiger partial charge in [0.1, 0.15) is 0 Å². The molecule has 2 rings (SSSR count). The van der Waals surface area contributed by atoms with Crippen molar-refractivity contribution in [2.24, 2.45) is 0 Å². The number of hydrogen-bond donors (Lipinski definition) is 1. The summed E-state index contributed by atoms with van der Waals surface area (Å²) in [5, 5.41) is 0. The van der Waals surface area contributed by atoms with E-state index in [0.717, 1.165) is 23.2 Å². The Balaban J connectivity index is 2.70. The minimum Gasteiger partial charge on any atom is -0.326 e. The molecule has 2 heteroatoms. The number of H-pyrrole nitrogens is 1. The quantitative estimate of drug-likeness (QED) is 0.616. The van der Waals surface area contributed by atoms with Gasteiger partial charge in [0.2, 0.25) is 0 Å². The number of fused-ring (bicyclic) bond motifs is 1. The van der Waals surface area contributed by atoms with Crippen LogP contribution in [0.3, 0.4) is 0 Å². The van der Waals surface area contributed by atoms with Gasteiger partial charge in [-0.1, -0.05) is 11.6 Å². The molecule has 2 nitrogen and oxygen atoms in total. The molecule has 62 valence electrons. The monoisotopic (exact) mass is 161 g/mol. The molecule has 0 saturated heterocycles. The number of aromatic amines is 1. The van der Waals surface area contributed by atoms with Crippen molar-refractivity contribution in [1.82, 2.24) is 4.98 Å². The zero-order valence-electron chi connectivity index (χ0n) is 7.27. The van der Waals surface area contributed by atoms with Crippen LogP contribution in [0.15, 0.2) is 16.4 Å². The Morgan fingerprint density at radius 3 is 2.92 bits per heavy atom. The Morgan fingerprint density at radius 2 is 2.17 bits per heavy atom. The molecule has 0 unspecified atom stereocenters. The van der Waals surface area contributed by atoms with Crippen LogP contribution in [-0.2, 0) is 6.42 Å². The normalized spacial score (nSPS) is 14.3. The largest absolute Gasteiger partial charge is 0.326 e. The molecule has 0 spiro atoms. The summed E-state index contributed by atoms with van der Waals surface area (Å²) in [6.07, 6.45) is 2.89. The van der Waals surface area contributed by atoms with Gasteiger partial charge in [0.25, 0.3) is 5.56 Å². The van der Waals surface area contributed by atoms with Gasteiger partial charge in [-0.15, -0.1) is 0 Å². The van der Waals surface area contributed by atoms with E-state index in [2.05, 4.69) is 18.0 Å². The maximum absolute atomic E-state index is 11.4. The Kier molecular flexibility index (Phi) is 1.43. The third kappa shape index (κ3) is 0.998. The zero-order chi connectivity index (χ0) is 8.72. The molecule has 1 aromatic rings. The number of allylic oxidation sites excluding steroid dienone is 1. The molecule has 0 radical (unpaired) electrons. The molecule has 1 aliphatic rings. The SMILES string of the molecule is CC1=Cc2cc(C)[nH]c(=O)c2C1. The summed E-state index contributed by atoms with van der Waals surface area (Å²) in [6, 6.07) is 2.02. The lowest BCUT2D eigenvalue weighted by Gasteiger charge is -1.98. The molecule has 0 saturated carbocycles. The summed E-state index contributed by atoms with van der Waals surface area (Å²) in [7, 11) is 0. The van der Waals surface area contributed by atoms with E-state index in [9.17, 15) is 4.79 Å². The summed E-state index contributed by atoms with van der Waals surface area (Å²) in [4.78, 5) is 14.2. The number of rotatable bonds is 0. The van der Waals surface area contributed by atoms with Gasteiger partial charge in [-0.3, -0.25) is 4.79 Å². The molecule has 0 bridgehead atoms. The summed E-state index contributed by atoms with van der Waals surface area (Å²) in [5.41, 5.74) is 4.27. The second kappa shape index (κ2) is 2.34. The van der Waals surface area contributed by atoms with Crippen LogP contribution in [0.5, 0.6) is 0 Å². The molecule has 1 heterocycles. The first-order chi connectivity index (χ1) is 5.66. The fraction of sp³-hybridized carbons (Fsp3) is 0.300. The van der Waals surface area contributed by atoms with E-state index in [1.165, 1.54) is 5.57 Å². The van der Waals surface area contributed by atoms with E-state index in [-0.39, 0.29) is 5.56 Å². The van der Waals surface area contributed by atoms with Crippen molar-refractivity contribution in [2.45, 2.75) is 20.3 Å². The molecule has 1 aliphatic carbocycles. The molecular formula is C10H11NO. The van der Waals surface area contributed by atoms with Gasteiger partial charge in [0, 0.05) is 11.3 Å². The van der Waals surface area contributed by atoms with E-state index in [1.807, 2.05) is 13.0 Å². The lowest BCUT2D eigenvalue weighted by atomic mass is 10.1. The Morgan fingerprint density at radius 1 is 1.42 bits per heavy atom. The van der Waals surface area contributed by atoms with Gasteiger partial charge in [-0.25, -0.2) is 0 Å². The molecular weight excluding hydrogens is 150 g/mol. The second-order valence-electron chi connectivity index (χ2n) is 3.38. The molecule has 0 aromatic carbocycles. The molecule has 0 amide bonds. The number of hydrogen-bond acceptors (Lipinski definition) is 1. The van der Waals surface area contributed by atoms with Crippen LogP contribution in [-0.4, -0.2) is 4.98 Å². The summed E-state index contributed by atoms with van der Waals surface area (Å²) in [5.74, 6) is 0.